The van der Waals surface area contributed by atoms with Gasteiger partial charge in [0.25, 0.3) is 0 Å². The second kappa shape index (κ2) is 7.96. The van der Waals surface area contributed by atoms with Gasteiger partial charge in [-0.2, -0.15) is 0 Å². The van der Waals surface area contributed by atoms with E-state index in [1.807, 2.05) is 0 Å². The number of halogens is 1. The summed E-state index contributed by atoms with van der Waals surface area (Å²) in [6.45, 7) is 3.56. The zero-order chi connectivity index (χ0) is 18.8. The number of likely N-dealkylation sites (N-methyl/N-ethyl adjacent to an activating group) is 1. The van der Waals surface area contributed by atoms with Crippen molar-refractivity contribution in [3.63, 3.8) is 0 Å². The smallest absolute Gasteiger partial charge is 0.135 e. The van der Waals surface area contributed by atoms with Crippen molar-refractivity contribution in [1.29, 1.82) is 0 Å². The summed E-state index contributed by atoms with van der Waals surface area (Å²) in [5, 5.41) is 7.64. The Hall–Kier alpha value is -1.96. The van der Waals surface area contributed by atoms with Gasteiger partial charge in [-0.15, -0.1) is 11.3 Å². The van der Waals surface area contributed by atoms with E-state index in [1.54, 1.807) is 30.8 Å². The predicted molar refractivity (Wildman–Crippen MR) is 107 cm³/mol. The van der Waals surface area contributed by atoms with Crippen molar-refractivity contribution >= 4 is 28.2 Å². The number of rotatable bonds is 5. The number of piperazine rings is 1. The van der Waals surface area contributed by atoms with Gasteiger partial charge in [-0.1, -0.05) is 0 Å². The van der Waals surface area contributed by atoms with Crippen LogP contribution in [0.5, 0.6) is 0 Å². The highest BCUT2D eigenvalue weighted by Gasteiger charge is 2.28. The van der Waals surface area contributed by atoms with E-state index < -0.39 is 0 Å². The normalized spacial score (nSPS) is 19.7. The SMILES string of the molecule is COCCCC1CN(C2=c3nccc(F)c3=CNc3sccc32)CCN1C. The van der Waals surface area contributed by atoms with Gasteiger partial charge >= 0.3 is 0 Å². The summed E-state index contributed by atoms with van der Waals surface area (Å²) >= 11 is 1.63. The van der Waals surface area contributed by atoms with E-state index in [0.29, 0.717) is 11.3 Å². The molecule has 1 unspecified atom stereocenters. The molecule has 0 amide bonds. The third kappa shape index (κ3) is 3.59. The third-order valence-electron chi connectivity index (χ3n) is 5.41. The molecule has 4 rings (SSSR count). The lowest BCUT2D eigenvalue weighted by atomic mass is 10.0. The number of aromatic nitrogens is 1. The average Bonchev–Trinajstić information content (AvgIpc) is 3.06. The number of hydrogen-bond donors (Lipinski definition) is 1. The Morgan fingerprint density at radius 3 is 3.11 bits per heavy atom. The molecule has 7 heteroatoms. The number of nitrogens with one attached hydrogen (secondary N) is 1. The van der Waals surface area contributed by atoms with Crippen LogP contribution in [-0.4, -0.2) is 61.2 Å². The molecule has 5 nitrogen and oxygen atoms in total. The topological polar surface area (TPSA) is 40.6 Å². The molecule has 1 saturated heterocycles. The molecule has 1 atom stereocenters. The molecule has 0 spiro atoms. The van der Waals surface area contributed by atoms with E-state index in [9.17, 15) is 4.39 Å². The highest BCUT2D eigenvalue weighted by atomic mass is 32.1. The molecule has 0 aromatic carbocycles. The Balaban J connectivity index is 1.76. The number of fused-ring (bicyclic) bond motifs is 2. The minimum atomic E-state index is -0.245. The quantitative estimate of drug-likeness (QED) is 0.789. The zero-order valence-electron chi connectivity index (χ0n) is 15.7. The van der Waals surface area contributed by atoms with Crippen LogP contribution in [-0.2, 0) is 4.74 Å². The average molecular weight is 389 g/mol. The number of methoxy groups -OCH3 is 1. The molecule has 0 saturated carbocycles. The molecule has 144 valence electrons. The van der Waals surface area contributed by atoms with Crippen molar-refractivity contribution < 1.29 is 9.13 Å². The molecule has 1 fully saturated rings. The number of ether oxygens (including phenoxy) is 1. The van der Waals surface area contributed by atoms with Crippen molar-refractivity contribution in [2.45, 2.75) is 18.9 Å². The number of anilines is 1. The number of hydrogen-bond acceptors (Lipinski definition) is 6. The van der Waals surface area contributed by atoms with Crippen LogP contribution < -0.4 is 15.9 Å². The van der Waals surface area contributed by atoms with Crippen molar-refractivity contribution in [2.75, 3.05) is 45.7 Å². The van der Waals surface area contributed by atoms with Gasteiger partial charge in [-0.25, -0.2) is 4.39 Å². The summed E-state index contributed by atoms with van der Waals surface area (Å²) in [6, 6.07) is 3.97. The molecule has 1 N–H and O–H groups in total. The predicted octanol–water partition coefficient (Wildman–Crippen LogP) is 1.64. The van der Waals surface area contributed by atoms with E-state index in [-0.39, 0.29) is 5.82 Å². The van der Waals surface area contributed by atoms with Crippen molar-refractivity contribution in [2.24, 2.45) is 0 Å². The molecule has 2 aromatic heterocycles. The summed E-state index contributed by atoms with van der Waals surface area (Å²) in [4.78, 5) is 9.38. The monoisotopic (exact) mass is 388 g/mol. The highest BCUT2D eigenvalue weighted by molar-refractivity contribution is 7.14. The Kier molecular flexibility index (Phi) is 5.43. The summed E-state index contributed by atoms with van der Waals surface area (Å²) in [6.07, 6.45) is 5.42. The maximum atomic E-state index is 14.5. The lowest BCUT2D eigenvalue weighted by molar-refractivity contribution is 0.114. The summed E-state index contributed by atoms with van der Waals surface area (Å²) in [5.41, 5.74) is 2.14. The maximum Gasteiger partial charge on any atom is 0.135 e. The molecule has 0 aliphatic carbocycles. The minimum Gasteiger partial charge on any atom is -0.385 e. The summed E-state index contributed by atoms with van der Waals surface area (Å²) < 4.78 is 19.7. The van der Waals surface area contributed by atoms with Crippen LogP contribution >= 0.6 is 11.3 Å². The molecule has 4 heterocycles. The molecule has 2 aromatic rings. The fraction of sp³-hybridized carbons (Fsp3) is 0.450. The first-order valence-electron chi connectivity index (χ1n) is 9.32. The molecular formula is C20H25FN4OS. The maximum absolute atomic E-state index is 14.5. The first kappa shape index (κ1) is 18.4. The number of nitrogens with zero attached hydrogens (tertiary/aromatic N) is 3. The largest absolute Gasteiger partial charge is 0.385 e. The van der Waals surface area contributed by atoms with Gasteiger partial charge in [0.1, 0.15) is 10.8 Å². The number of pyridine rings is 1. The summed E-state index contributed by atoms with van der Waals surface area (Å²) in [7, 11) is 3.93. The van der Waals surface area contributed by atoms with Crippen molar-refractivity contribution in [1.82, 2.24) is 14.8 Å². The first-order chi connectivity index (χ1) is 13.2. The number of thiophene rings is 1. The van der Waals surface area contributed by atoms with Crippen LogP contribution in [0, 0.1) is 5.82 Å². The molecule has 0 bridgehead atoms. The molecule has 0 radical (unpaired) electrons. The van der Waals surface area contributed by atoms with E-state index in [4.69, 9.17) is 4.74 Å². The lowest BCUT2D eigenvalue weighted by Gasteiger charge is -2.41. The van der Waals surface area contributed by atoms with Crippen LogP contribution in [0.4, 0.5) is 9.39 Å². The Bertz CT molecular complexity index is 928. The van der Waals surface area contributed by atoms with Crippen molar-refractivity contribution in [3.8, 4) is 0 Å². The van der Waals surface area contributed by atoms with Gasteiger partial charge in [0, 0.05) is 57.4 Å². The fourth-order valence-corrected chi connectivity index (χ4v) is 4.65. The fourth-order valence-electron chi connectivity index (χ4n) is 3.89. The van der Waals surface area contributed by atoms with Crippen LogP contribution in [0.3, 0.4) is 0 Å². The third-order valence-corrected chi connectivity index (χ3v) is 6.25. The van der Waals surface area contributed by atoms with E-state index in [1.165, 1.54) is 6.07 Å². The Morgan fingerprint density at radius 2 is 2.26 bits per heavy atom. The first-order valence-corrected chi connectivity index (χ1v) is 10.2. The second-order valence-electron chi connectivity index (χ2n) is 7.07. The van der Waals surface area contributed by atoms with Crippen LogP contribution in [0.2, 0.25) is 0 Å². The summed E-state index contributed by atoms with van der Waals surface area (Å²) in [5.74, 6) is -0.245. The van der Waals surface area contributed by atoms with Gasteiger partial charge in [0.2, 0.25) is 0 Å². The molecular weight excluding hydrogens is 363 g/mol. The van der Waals surface area contributed by atoms with Gasteiger partial charge in [-0.05, 0) is 37.4 Å². The molecule has 2 aliphatic rings. The standard InChI is InChI=1S/C20H25FN4OS/c1-24-8-9-25(13-14(24)4-3-10-26-2)19-15-6-11-27-20(15)23-12-16-17(21)5-7-22-18(16)19/h5-7,11-12,14,23H,3-4,8-10,13H2,1-2H3. The van der Waals surface area contributed by atoms with Gasteiger partial charge in [0.15, 0.2) is 0 Å². The zero-order valence-corrected chi connectivity index (χ0v) is 16.6. The van der Waals surface area contributed by atoms with Crippen LogP contribution in [0.25, 0.3) is 11.9 Å². The van der Waals surface area contributed by atoms with E-state index in [0.717, 1.165) is 60.7 Å². The second-order valence-corrected chi connectivity index (χ2v) is 7.99. The Labute approximate surface area is 162 Å². The lowest BCUT2D eigenvalue weighted by Crippen LogP contribution is -2.52. The van der Waals surface area contributed by atoms with Gasteiger partial charge < -0.3 is 15.0 Å². The van der Waals surface area contributed by atoms with Gasteiger partial charge in [0.05, 0.1) is 16.3 Å². The van der Waals surface area contributed by atoms with E-state index in [2.05, 4.69) is 38.6 Å². The minimum absolute atomic E-state index is 0.245. The van der Waals surface area contributed by atoms with Crippen LogP contribution in [0.15, 0.2) is 23.7 Å². The van der Waals surface area contributed by atoms with E-state index >= 15 is 0 Å². The molecule has 2 aliphatic heterocycles. The highest BCUT2D eigenvalue weighted by Crippen LogP contribution is 2.32. The van der Waals surface area contributed by atoms with Crippen LogP contribution in [0.1, 0.15) is 18.4 Å². The van der Waals surface area contributed by atoms with Crippen molar-refractivity contribution in [3.05, 3.63) is 45.7 Å². The molecule has 27 heavy (non-hydrogen) atoms. The Morgan fingerprint density at radius 1 is 1.37 bits per heavy atom. The van der Waals surface area contributed by atoms with Gasteiger partial charge in [-0.3, -0.25) is 9.88 Å².